The van der Waals surface area contributed by atoms with E-state index in [-0.39, 0.29) is 18.0 Å². The highest BCUT2D eigenvalue weighted by atomic mass is 32.2. The van der Waals surface area contributed by atoms with E-state index in [0.29, 0.717) is 30.0 Å². The predicted molar refractivity (Wildman–Crippen MR) is 108 cm³/mol. The maximum absolute atomic E-state index is 12.3. The Morgan fingerprint density at radius 2 is 2.00 bits per heavy atom. The lowest BCUT2D eigenvalue weighted by molar-refractivity contribution is -0.122. The van der Waals surface area contributed by atoms with Gasteiger partial charge >= 0.3 is 0 Å². The first-order valence-electron chi connectivity index (χ1n) is 9.30. The van der Waals surface area contributed by atoms with Crippen molar-refractivity contribution in [3.05, 3.63) is 58.9 Å². The molecule has 0 saturated heterocycles. The highest BCUT2D eigenvalue weighted by Gasteiger charge is 2.35. The molecule has 6 heteroatoms. The summed E-state index contributed by atoms with van der Waals surface area (Å²) in [6, 6.07) is 11.2. The van der Waals surface area contributed by atoms with Gasteiger partial charge in [0.25, 0.3) is 5.56 Å². The van der Waals surface area contributed by atoms with Gasteiger partial charge in [-0.3, -0.25) is 9.59 Å². The number of hydrogen-bond donors (Lipinski definition) is 1. The van der Waals surface area contributed by atoms with Gasteiger partial charge in [-0.05, 0) is 55.1 Å². The van der Waals surface area contributed by atoms with Crippen LogP contribution in [0.1, 0.15) is 12.8 Å². The molecule has 1 aromatic heterocycles. The van der Waals surface area contributed by atoms with Crippen LogP contribution in [0.4, 0.5) is 0 Å². The van der Waals surface area contributed by atoms with Gasteiger partial charge in [-0.1, -0.05) is 24.3 Å². The fraction of sp³-hybridized carbons (Fsp3) is 0.381. The summed E-state index contributed by atoms with van der Waals surface area (Å²) in [5.41, 5.74) is 1.35. The zero-order chi connectivity index (χ0) is 18.8. The molecule has 27 heavy (non-hydrogen) atoms. The fourth-order valence-corrected chi connectivity index (χ4v) is 4.45. The van der Waals surface area contributed by atoms with Crippen LogP contribution >= 0.6 is 11.8 Å². The maximum Gasteiger partial charge on any atom is 0.267 e. The van der Waals surface area contributed by atoms with Gasteiger partial charge in [0, 0.05) is 23.1 Å². The number of benzene rings is 1. The summed E-state index contributed by atoms with van der Waals surface area (Å²) < 4.78 is 1.24. The third kappa shape index (κ3) is 4.00. The number of amides is 1. The van der Waals surface area contributed by atoms with Crippen molar-refractivity contribution < 1.29 is 4.79 Å². The Labute approximate surface area is 162 Å². The smallest absolute Gasteiger partial charge is 0.267 e. The normalized spacial score (nSPS) is 22.9. The minimum atomic E-state index is -0.266. The summed E-state index contributed by atoms with van der Waals surface area (Å²) >= 11 is 1.67. The molecule has 140 valence electrons. The van der Waals surface area contributed by atoms with Crippen LogP contribution in [0.3, 0.4) is 0 Å². The van der Waals surface area contributed by atoms with E-state index in [2.05, 4.69) is 22.6 Å². The Bertz CT molecular complexity index is 920. The van der Waals surface area contributed by atoms with Gasteiger partial charge in [0.1, 0.15) is 6.54 Å². The Hall–Kier alpha value is -2.34. The van der Waals surface area contributed by atoms with Crippen LogP contribution < -0.4 is 10.9 Å². The van der Waals surface area contributed by atoms with Crippen LogP contribution in [-0.4, -0.2) is 28.5 Å². The van der Waals surface area contributed by atoms with Crippen LogP contribution in [0.25, 0.3) is 11.3 Å². The van der Waals surface area contributed by atoms with Crippen LogP contribution in [0.5, 0.6) is 0 Å². The molecular weight excluding hydrogens is 358 g/mol. The second-order valence-corrected chi connectivity index (χ2v) is 8.17. The number of carbonyl (C=O) groups excluding carboxylic acids is 1. The number of thioether (sulfide) groups is 1. The molecule has 5 nitrogen and oxygen atoms in total. The Balaban J connectivity index is 1.41. The zero-order valence-corrected chi connectivity index (χ0v) is 16.1. The van der Waals surface area contributed by atoms with Gasteiger partial charge in [0.2, 0.25) is 5.91 Å². The molecule has 0 aliphatic heterocycles. The third-order valence-electron chi connectivity index (χ3n) is 5.52. The molecule has 1 amide bonds. The van der Waals surface area contributed by atoms with E-state index in [1.165, 1.54) is 22.1 Å². The monoisotopic (exact) mass is 381 g/mol. The number of nitrogens with zero attached hydrogens (tertiary/aromatic N) is 2. The van der Waals surface area contributed by atoms with E-state index >= 15 is 0 Å². The number of hydrogen-bond acceptors (Lipinski definition) is 4. The summed E-state index contributed by atoms with van der Waals surface area (Å²) in [7, 11) is 0. The van der Waals surface area contributed by atoms with Crippen molar-refractivity contribution in [1.29, 1.82) is 0 Å². The van der Waals surface area contributed by atoms with E-state index < -0.39 is 0 Å². The van der Waals surface area contributed by atoms with E-state index in [1.807, 2.05) is 30.5 Å². The molecule has 2 bridgehead atoms. The Morgan fingerprint density at radius 1 is 1.19 bits per heavy atom. The zero-order valence-electron chi connectivity index (χ0n) is 15.3. The largest absolute Gasteiger partial charge is 0.354 e. The topological polar surface area (TPSA) is 64.0 Å². The average Bonchev–Trinajstić information content (AvgIpc) is 3.31. The van der Waals surface area contributed by atoms with Crippen molar-refractivity contribution in [3.63, 3.8) is 0 Å². The molecule has 1 fully saturated rings. The standard InChI is InChI=1S/C21H23N3O2S/c1-27-18-6-4-15(5-7-18)19-8-9-21(26)24(23-19)13-20(25)22-12-17-11-14-2-3-16(17)10-14/h2-9,14,16-17H,10-13H2,1H3,(H,22,25)/t14-,16-,17+/m0/s1. The molecule has 0 spiro atoms. The summed E-state index contributed by atoms with van der Waals surface area (Å²) in [6.07, 6.45) is 8.98. The maximum atomic E-state index is 12.3. The van der Waals surface area contributed by atoms with Gasteiger partial charge in [-0.25, -0.2) is 4.68 Å². The Kier molecular flexibility index (Phi) is 5.16. The average molecular weight is 382 g/mol. The van der Waals surface area contributed by atoms with Gasteiger partial charge in [0.15, 0.2) is 0 Å². The number of rotatable bonds is 6. The van der Waals surface area contributed by atoms with E-state index in [0.717, 1.165) is 12.0 Å². The molecule has 2 aromatic rings. The van der Waals surface area contributed by atoms with Crippen LogP contribution in [0, 0.1) is 17.8 Å². The SMILES string of the molecule is CSc1ccc(-c2ccc(=O)n(CC(=O)NC[C@H]3C[C@H]4C=C[C@H]3C4)n2)cc1. The minimum absolute atomic E-state index is 0.0494. The van der Waals surface area contributed by atoms with Crippen molar-refractivity contribution >= 4 is 17.7 Å². The first-order valence-corrected chi connectivity index (χ1v) is 10.5. The molecule has 1 N–H and O–H groups in total. The molecule has 2 aliphatic carbocycles. The molecule has 3 atom stereocenters. The predicted octanol–water partition coefficient (Wildman–Crippen LogP) is 2.96. The Morgan fingerprint density at radius 3 is 2.67 bits per heavy atom. The van der Waals surface area contributed by atoms with Crippen molar-refractivity contribution in [2.45, 2.75) is 24.3 Å². The van der Waals surface area contributed by atoms with Crippen molar-refractivity contribution in [3.8, 4) is 11.3 Å². The number of allylic oxidation sites excluding steroid dienone is 2. The molecule has 0 unspecified atom stereocenters. The van der Waals surface area contributed by atoms with Gasteiger partial charge in [-0.2, -0.15) is 5.10 Å². The minimum Gasteiger partial charge on any atom is -0.354 e. The quantitative estimate of drug-likeness (QED) is 0.617. The van der Waals surface area contributed by atoms with E-state index in [9.17, 15) is 9.59 Å². The summed E-state index contributed by atoms with van der Waals surface area (Å²) in [4.78, 5) is 25.6. The van der Waals surface area contributed by atoms with Crippen LogP contribution in [0.2, 0.25) is 0 Å². The van der Waals surface area contributed by atoms with Gasteiger partial charge in [-0.15, -0.1) is 11.8 Å². The van der Waals surface area contributed by atoms with E-state index in [1.54, 1.807) is 17.8 Å². The number of nitrogens with one attached hydrogen (secondary N) is 1. The highest BCUT2D eigenvalue weighted by Crippen LogP contribution is 2.42. The van der Waals surface area contributed by atoms with Crippen LogP contribution in [0.15, 0.2) is 58.2 Å². The first kappa shape index (κ1) is 18.0. The third-order valence-corrected chi connectivity index (χ3v) is 6.27. The highest BCUT2D eigenvalue weighted by molar-refractivity contribution is 7.98. The van der Waals surface area contributed by atoms with E-state index in [4.69, 9.17) is 0 Å². The molecular formula is C21H23N3O2S. The number of carbonyl (C=O) groups is 1. The van der Waals surface area contributed by atoms with Gasteiger partial charge < -0.3 is 5.32 Å². The van der Waals surface area contributed by atoms with Crippen molar-refractivity contribution in [2.24, 2.45) is 17.8 Å². The lowest BCUT2D eigenvalue weighted by Gasteiger charge is -2.18. The van der Waals surface area contributed by atoms with Crippen molar-refractivity contribution in [2.75, 3.05) is 12.8 Å². The molecule has 1 heterocycles. The summed E-state index contributed by atoms with van der Waals surface area (Å²) in [6.45, 7) is 0.626. The lowest BCUT2D eigenvalue weighted by atomic mass is 9.94. The number of aromatic nitrogens is 2. The molecule has 4 rings (SSSR count). The molecule has 1 aromatic carbocycles. The summed E-state index contributed by atoms with van der Waals surface area (Å²) in [5, 5.41) is 7.37. The lowest BCUT2D eigenvalue weighted by Crippen LogP contribution is -2.36. The second-order valence-electron chi connectivity index (χ2n) is 7.29. The van der Waals surface area contributed by atoms with Crippen LogP contribution in [-0.2, 0) is 11.3 Å². The molecule has 1 saturated carbocycles. The second kappa shape index (κ2) is 7.72. The summed E-state index contributed by atoms with van der Waals surface area (Å²) in [5.74, 6) is 1.65. The molecule has 2 aliphatic rings. The first-order chi connectivity index (χ1) is 13.1. The fourth-order valence-electron chi connectivity index (χ4n) is 4.04. The van der Waals surface area contributed by atoms with Crippen molar-refractivity contribution in [1.82, 2.24) is 15.1 Å². The van der Waals surface area contributed by atoms with Gasteiger partial charge in [0.05, 0.1) is 5.69 Å². The number of fused-ring (bicyclic) bond motifs is 2. The molecule has 0 radical (unpaired) electrons.